The van der Waals surface area contributed by atoms with Crippen LogP contribution in [0.1, 0.15) is 19.3 Å². The molecule has 0 saturated carbocycles. The van der Waals surface area contributed by atoms with Crippen molar-refractivity contribution in [1.82, 2.24) is 14.9 Å². The lowest BCUT2D eigenvalue weighted by atomic mass is 10.1. The fraction of sp³-hybridized carbons (Fsp3) is 0.412. The van der Waals surface area contributed by atoms with E-state index in [1.807, 2.05) is 0 Å². The van der Waals surface area contributed by atoms with Crippen LogP contribution in [-0.4, -0.2) is 46.0 Å². The van der Waals surface area contributed by atoms with Crippen molar-refractivity contribution in [1.29, 1.82) is 0 Å². The van der Waals surface area contributed by atoms with Crippen molar-refractivity contribution in [2.24, 2.45) is 0 Å². The molecule has 0 bridgehead atoms. The molecule has 1 fully saturated rings. The second kappa shape index (κ2) is 8.92. The van der Waals surface area contributed by atoms with Crippen molar-refractivity contribution in [3.8, 4) is 0 Å². The molecule has 1 aromatic heterocycles. The molecular weight excluding hydrogens is 375 g/mol. The summed E-state index contributed by atoms with van der Waals surface area (Å²) in [7, 11) is 0. The second-order valence-corrected chi connectivity index (χ2v) is 6.67. The number of benzene rings is 1. The normalized spacial score (nSPS) is 14.7. The molecule has 144 valence electrons. The van der Waals surface area contributed by atoms with Gasteiger partial charge in [0.05, 0.1) is 9.95 Å². The zero-order chi connectivity index (χ0) is 19.2. The van der Waals surface area contributed by atoms with Crippen LogP contribution in [0.25, 0.3) is 0 Å². The molecule has 0 unspecified atom stereocenters. The van der Waals surface area contributed by atoms with E-state index in [4.69, 9.17) is 11.6 Å². The van der Waals surface area contributed by atoms with Gasteiger partial charge in [-0.2, -0.15) is 0 Å². The Morgan fingerprint density at radius 3 is 2.67 bits per heavy atom. The first-order valence-electron chi connectivity index (χ1n) is 8.72. The largest absolute Gasteiger partial charge is 0.363 e. The topological polar surface area (TPSA) is 96.2 Å². The van der Waals surface area contributed by atoms with Gasteiger partial charge in [0.2, 0.25) is 11.6 Å². The Labute approximate surface area is 160 Å². The average molecular weight is 395 g/mol. The lowest BCUT2D eigenvalue weighted by molar-refractivity contribution is -0.383. The molecule has 2 N–H and O–H groups in total. The molecule has 2 aromatic rings. The number of nitrogens with zero attached hydrogens (tertiary/aromatic N) is 4. The van der Waals surface area contributed by atoms with Gasteiger partial charge >= 0.3 is 5.69 Å². The van der Waals surface area contributed by atoms with Gasteiger partial charge in [0, 0.05) is 18.8 Å². The van der Waals surface area contributed by atoms with E-state index in [-0.39, 0.29) is 22.3 Å². The summed E-state index contributed by atoms with van der Waals surface area (Å²) >= 11 is 5.76. The third-order valence-electron chi connectivity index (χ3n) is 4.36. The first-order valence-corrected chi connectivity index (χ1v) is 9.10. The first-order chi connectivity index (χ1) is 13.0. The van der Waals surface area contributed by atoms with Crippen LogP contribution in [0.2, 0.25) is 5.02 Å². The van der Waals surface area contributed by atoms with Gasteiger partial charge in [0.25, 0.3) is 0 Å². The zero-order valence-corrected chi connectivity index (χ0v) is 15.4. The van der Waals surface area contributed by atoms with Gasteiger partial charge in [0.1, 0.15) is 12.1 Å². The number of hydrogen-bond donors (Lipinski definition) is 2. The van der Waals surface area contributed by atoms with Crippen LogP contribution in [0.5, 0.6) is 0 Å². The minimum atomic E-state index is -0.570. The first kappa shape index (κ1) is 19.2. The quantitative estimate of drug-likeness (QED) is 0.544. The van der Waals surface area contributed by atoms with E-state index in [0.29, 0.717) is 12.2 Å². The van der Waals surface area contributed by atoms with Crippen molar-refractivity contribution in [2.45, 2.75) is 19.3 Å². The summed E-state index contributed by atoms with van der Waals surface area (Å²) < 4.78 is 13.3. The Balaban J connectivity index is 1.73. The molecule has 0 amide bonds. The summed E-state index contributed by atoms with van der Waals surface area (Å²) in [5, 5.41) is 17.3. The predicted octanol–water partition coefficient (Wildman–Crippen LogP) is 3.82. The highest BCUT2D eigenvalue weighted by atomic mass is 35.5. The van der Waals surface area contributed by atoms with Crippen LogP contribution >= 0.6 is 11.6 Å². The number of nitro groups is 1. The molecule has 0 atom stereocenters. The number of anilines is 3. The van der Waals surface area contributed by atoms with Crippen molar-refractivity contribution in [2.75, 3.05) is 36.8 Å². The van der Waals surface area contributed by atoms with E-state index >= 15 is 0 Å². The molecule has 3 rings (SSSR count). The van der Waals surface area contributed by atoms with Gasteiger partial charge in [-0.15, -0.1) is 0 Å². The highest BCUT2D eigenvalue weighted by Crippen LogP contribution is 2.32. The van der Waals surface area contributed by atoms with E-state index in [0.717, 1.165) is 19.6 Å². The van der Waals surface area contributed by atoms with Gasteiger partial charge < -0.3 is 15.5 Å². The Morgan fingerprint density at radius 1 is 1.22 bits per heavy atom. The number of likely N-dealkylation sites (tertiary alicyclic amines) is 1. The summed E-state index contributed by atoms with van der Waals surface area (Å²) in [5.74, 6) is -0.416. The van der Waals surface area contributed by atoms with Gasteiger partial charge in [-0.05, 0) is 44.1 Å². The van der Waals surface area contributed by atoms with E-state index < -0.39 is 10.7 Å². The fourth-order valence-corrected chi connectivity index (χ4v) is 3.18. The maximum absolute atomic E-state index is 13.3. The third kappa shape index (κ3) is 5.01. The Hall–Kier alpha value is -2.52. The van der Waals surface area contributed by atoms with Crippen molar-refractivity contribution in [3.05, 3.63) is 45.5 Å². The molecular formula is C17H20ClFN6O2. The number of hydrogen-bond acceptors (Lipinski definition) is 7. The highest BCUT2D eigenvalue weighted by Gasteiger charge is 2.23. The van der Waals surface area contributed by atoms with Crippen molar-refractivity contribution in [3.63, 3.8) is 0 Å². The SMILES string of the molecule is O=[N+]([O-])c1c(NCCN2CCCCC2)ncnc1Nc1ccc(F)c(Cl)c1. The summed E-state index contributed by atoms with van der Waals surface area (Å²) in [4.78, 5) is 21.3. The fourth-order valence-electron chi connectivity index (χ4n) is 3.00. The summed E-state index contributed by atoms with van der Waals surface area (Å²) in [5.41, 5.74) is 0.124. The van der Waals surface area contributed by atoms with Gasteiger partial charge in [-0.25, -0.2) is 14.4 Å². The summed E-state index contributed by atoms with van der Waals surface area (Å²) in [6.45, 7) is 3.43. The predicted molar refractivity (Wildman–Crippen MR) is 102 cm³/mol. The number of aromatic nitrogens is 2. The Bertz CT molecular complexity index is 816. The minimum absolute atomic E-state index is 0.0122. The summed E-state index contributed by atoms with van der Waals surface area (Å²) in [6.07, 6.45) is 4.86. The molecule has 0 aliphatic carbocycles. The van der Waals surface area contributed by atoms with E-state index in [1.54, 1.807) is 0 Å². The smallest absolute Gasteiger partial charge is 0.353 e. The molecule has 1 aromatic carbocycles. The van der Waals surface area contributed by atoms with Gasteiger partial charge in [-0.1, -0.05) is 18.0 Å². The van der Waals surface area contributed by atoms with E-state index in [1.165, 1.54) is 43.8 Å². The van der Waals surface area contributed by atoms with Crippen LogP contribution in [0.3, 0.4) is 0 Å². The monoisotopic (exact) mass is 394 g/mol. The molecule has 2 heterocycles. The molecule has 1 aliphatic rings. The lowest BCUT2D eigenvalue weighted by Crippen LogP contribution is -2.33. The average Bonchev–Trinajstić information content (AvgIpc) is 2.65. The summed E-state index contributed by atoms with van der Waals surface area (Å²) in [6, 6.07) is 3.94. The molecule has 27 heavy (non-hydrogen) atoms. The standard InChI is InChI=1S/C17H20ClFN6O2/c18-13-10-12(4-5-14(13)19)23-17-15(25(26)27)16(21-11-22-17)20-6-9-24-7-2-1-3-8-24/h4-5,10-11H,1-3,6-9H2,(H2,20,21,22,23). The molecule has 1 saturated heterocycles. The molecule has 10 heteroatoms. The maximum atomic E-state index is 13.3. The van der Waals surface area contributed by atoms with Gasteiger partial charge in [0.15, 0.2) is 0 Å². The van der Waals surface area contributed by atoms with Gasteiger partial charge in [-0.3, -0.25) is 10.1 Å². The van der Waals surface area contributed by atoms with Crippen molar-refractivity contribution < 1.29 is 9.31 Å². The maximum Gasteiger partial charge on any atom is 0.353 e. The number of piperidine rings is 1. The second-order valence-electron chi connectivity index (χ2n) is 6.26. The molecule has 1 aliphatic heterocycles. The van der Waals surface area contributed by atoms with Crippen LogP contribution in [0.4, 0.5) is 27.4 Å². The number of rotatable bonds is 7. The zero-order valence-electron chi connectivity index (χ0n) is 14.6. The Kier molecular flexibility index (Phi) is 6.36. The van der Waals surface area contributed by atoms with E-state index in [9.17, 15) is 14.5 Å². The number of halogens is 2. The van der Waals surface area contributed by atoms with Crippen LogP contribution in [-0.2, 0) is 0 Å². The number of nitrogens with one attached hydrogen (secondary N) is 2. The Morgan fingerprint density at radius 2 is 1.96 bits per heavy atom. The van der Waals surface area contributed by atoms with Crippen LogP contribution in [0, 0.1) is 15.9 Å². The highest BCUT2D eigenvalue weighted by molar-refractivity contribution is 6.31. The third-order valence-corrected chi connectivity index (χ3v) is 4.65. The minimum Gasteiger partial charge on any atom is -0.363 e. The van der Waals surface area contributed by atoms with Crippen LogP contribution < -0.4 is 10.6 Å². The molecule has 0 radical (unpaired) electrons. The van der Waals surface area contributed by atoms with E-state index in [2.05, 4.69) is 25.5 Å². The van der Waals surface area contributed by atoms with Crippen molar-refractivity contribution >= 4 is 34.6 Å². The molecule has 0 spiro atoms. The molecule has 8 nitrogen and oxygen atoms in total. The lowest BCUT2D eigenvalue weighted by Gasteiger charge is -2.26. The van der Waals surface area contributed by atoms with Crippen LogP contribution in [0.15, 0.2) is 24.5 Å².